The standard InChI is InChI=1S/C10H22N2/c1-4-9-5-7-10(8-6-9)11-12(2)3/h9-11H,4-8H2,1-3H3. The van der Waals surface area contributed by atoms with Crippen LogP contribution in [0, 0.1) is 5.92 Å². The molecule has 1 aliphatic rings. The maximum atomic E-state index is 3.46. The third-order valence-corrected chi connectivity index (χ3v) is 2.86. The van der Waals surface area contributed by atoms with Gasteiger partial charge in [-0.1, -0.05) is 13.3 Å². The van der Waals surface area contributed by atoms with E-state index in [-0.39, 0.29) is 0 Å². The van der Waals surface area contributed by atoms with Gasteiger partial charge in [-0.15, -0.1) is 0 Å². The van der Waals surface area contributed by atoms with Gasteiger partial charge in [0.25, 0.3) is 0 Å². The molecule has 0 aliphatic heterocycles. The van der Waals surface area contributed by atoms with Crippen molar-refractivity contribution in [2.45, 2.75) is 45.1 Å². The minimum absolute atomic E-state index is 0.739. The number of nitrogens with one attached hydrogen (secondary N) is 1. The molecular formula is C10H22N2. The summed E-state index contributed by atoms with van der Waals surface area (Å²) >= 11 is 0. The Hall–Kier alpha value is -0.0800. The molecule has 0 bridgehead atoms. The first-order valence-electron chi connectivity index (χ1n) is 5.16. The summed E-state index contributed by atoms with van der Waals surface area (Å²) in [6, 6.07) is 0.739. The SMILES string of the molecule is CCC1CCC(NN(C)C)CC1. The lowest BCUT2D eigenvalue weighted by molar-refractivity contribution is 0.184. The van der Waals surface area contributed by atoms with Crippen LogP contribution in [-0.2, 0) is 0 Å². The van der Waals surface area contributed by atoms with Crippen molar-refractivity contribution in [1.29, 1.82) is 0 Å². The van der Waals surface area contributed by atoms with Crippen molar-refractivity contribution < 1.29 is 0 Å². The van der Waals surface area contributed by atoms with Gasteiger partial charge in [0.15, 0.2) is 0 Å². The maximum Gasteiger partial charge on any atom is 0.0215 e. The molecule has 2 nitrogen and oxygen atoms in total. The summed E-state index contributed by atoms with van der Waals surface area (Å²) in [6.07, 6.45) is 6.92. The van der Waals surface area contributed by atoms with E-state index in [4.69, 9.17) is 0 Å². The average Bonchev–Trinajstić information content (AvgIpc) is 2.05. The quantitative estimate of drug-likeness (QED) is 0.652. The van der Waals surface area contributed by atoms with Gasteiger partial charge in [-0.3, -0.25) is 10.4 Å². The Morgan fingerprint density at radius 2 is 1.75 bits per heavy atom. The van der Waals surface area contributed by atoms with E-state index >= 15 is 0 Å². The summed E-state index contributed by atoms with van der Waals surface area (Å²) in [6.45, 7) is 2.31. The Morgan fingerprint density at radius 3 is 2.17 bits per heavy atom. The van der Waals surface area contributed by atoms with Gasteiger partial charge in [-0.2, -0.15) is 0 Å². The minimum atomic E-state index is 0.739. The second-order valence-electron chi connectivity index (χ2n) is 4.15. The Balaban J connectivity index is 2.17. The predicted molar refractivity (Wildman–Crippen MR) is 52.9 cm³/mol. The van der Waals surface area contributed by atoms with E-state index in [1.165, 1.54) is 32.1 Å². The van der Waals surface area contributed by atoms with Crippen LogP contribution in [0.4, 0.5) is 0 Å². The highest BCUT2D eigenvalue weighted by atomic mass is 15.5. The smallest absolute Gasteiger partial charge is 0.0215 e. The highest BCUT2D eigenvalue weighted by molar-refractivity contribution is 4.74. The lowest BCUT2D eigenvalue weighted by atomic mass is 9.85. The van der Waals surface area contributed by atoms with Gasteiger partial charge in [-0.05, 0) is 31.6 Å². The zero-order chi connectivity index (χ0) is 8.97. The highest BCUT2D eigenvalue weighted by Crippen LogP contribution is 2.26. The van der Waals surface area contributed by atoms with E-state index in [0.717, 1.165) is 12.0 Å². The second kappa shape index (κ2) is 4.83. The average molecular weight is 170 g/mol. The van der Waals surface area contributed by atoms with Gasteiger partial charge in [-0.25, -0.2) is 0 Å². The van der Waals surface area contributed by atoms with Crippen LogP contribution in [0.1, 0.15) is 39.0 Å². The fourth-order valence-corrected chi connectivity index (χ4v) is 2.06. The molecule has 0 unspecified atom stereocenters. The Morgan fingerprint density at radius 1 is 1.17 bits per heavy atom. The van der Waals surface area contributed by atoms with E-state index in [1.54, 1.807) is 0 Å². The van der Waals surface area contributed by atoms with Gasteiger partial charge in [0.2, 0.25) is 0 Å². The molecule has 1 N–H and O–H groups in total. The summed E-state index contributed by atoms with van der Waals surface area (Å²) in [5, 5.41) is 2.08. The number of rotatable bonds is 3. The first-order valence-corrected chi connectivity index (χ1v) is 5.16. The van der Waals surface area contributed by atoms with E-state index in [0.29, 0.717) is 0 Å². The monoisotopic (exact) mass is 170 g/mol. The molecule has 2 heteroatoms. The number of hydrogen-bond acceptors (Lipinski definition) is 2. The van der Waals surface area contributed by atoms with Crippen LogP contribution in [-0.4, -0.2) is 25.1 Å². The lowest BCUT2D eigenvalue weighted by Crippen LogP contribution is -2.41. The van der Waals surface area contributed by atoms with Gasteiger partial charge in [0.1, 0.15) is 0 Å². The zero-order valence-electron chi connectivity index (χ0n) is 8.64. The first-order chi connectivity index (χ1) is 5.72. The Bertz CT molecular complexity index is 115. The molecule has 12 heavy (non-hydrogen) atoms. The van der Waals surface area contributed by atoms with Crippen LogP contribution in [0.15, 0.2) is 0 Å². The lowest BCUT2D eigenvalue weighted by Gasteiger charge is -2.30. The first kappa shape index (κ1) is 10.0. The van der Waals surface area contributed by atoms with Crippen molar-refractivity contribution in [3.63, 3.8) is 0 Å². The molecule has 0 aromatic heterocycles. The molecular weight excluding hydrogens is 148 g/mol. The van der Waals surface area contributed by atoms with Crippen molar-refractivity contribution in [3.8, 4) is 0 Å². The second-order valence-corrected chi connectivity index (χ2v) is 4.15. The fourth-order valence-electron chi connectivity index (χ4n) is 2.06. The van der Waals surface area contributed by atoms with Crippen LogP contribution < -0.4 is 5.43 Å². The van der Waals surface area contributed by atoms with Crippen molar-refractivity contribution >= 4 is 0 Å². The number of hydrogen-bond donors (Lipinski definition) is 1. The molecule has 0 saturated heterocycles. The van der Waals surface area contributed by atoms with Crippen molar-refractivity contribution in [1.82, 2.24) is 10.4 Å². The molecule has 0 heterocycles. The molecule has 1 aliphatic carbocycles. The van der Waals surface area contributed by atoms with Crippen molar-refractivity contribution in [3.05, 3.63) is 0 Å². The third-order valence-electron chi connectivity index (χ3n) is 2.86. The van der Waals surface area contributed by atoms with Crippen LogP contribution in [0.3, 0.4) is 0 Å². The summed E-state index contributed by atoms with van der Waals surface area (Å²) in [5.74, 6) is 1.00. The van der Waals surface area contributed by atoms with Crippen LogP contribution in [0.25, 0.3) is 0 Å². The van der Waals surface area contributed by atoms with E-state index in [9.17, 15) is 0 Å². The normalized spacial score (nSPS) is 31.0. The molecule has 0 radical (unpaired) electrons. The van der Waals surface area contributed by atoms with Crippen molar-refractivity contribution in [2.24, 2.45) is 5.92 Å². The molecule has 0 atom stereocenters. The summed E-state index contributed by atoms with van der Waals surface area (Å²) in [4.78, 5) is 0. The fraction of sp³-hybridized carbons (Fsp3) is 1.00. The summed E-state index contributed by atoms with van der Waals surface area (Å²) < 4.78 is 0. The van der Waals surface area contributed by atoms with Crippen LogP contribution in [0.2, 0.25) is 0 Å². The predicted octanol–water partition coefficient (Wildman–Crippen LogP) is 2.02. The molecule has 72 valence electrons. The van der Waals surface area contributed by atoms with Crippen LogP contribution >= 0.6 is 0 Å². The van der Waals surface area contributed by atoms with Crippen LogP contribution in [0.5, 0.6) is 0 Å². The van der Waals surface area contributed by atoms with E-state index in [1.807, 2.05) is 0 Å². The van der Waals surface area contributed by atoms with Gasteiger partial charge >= 0.3 is 0 Å². The van der Waals surface area contributed by atoms with Gasteiger partial charge in [0, 0.05) is 20.1 Å². The molecule has 1 saturated carbocycles. The molecule has 0 aromatic carbocycles. The molecule has 1 rings (SSSR count). The molecule has 1 fully saturated rings. The summed E-state index contributed by atoms with van der Waals surface area (Å²) in [5.41, 5.74) is 3.46. The molecule has 0 aromatic rings. The van der Waals surface area contributed by atoms with E-state index in [2.05, 4.69) is 31.5 Å². The zero-order valence-corrected chi connectivity index (χ0v) is 8.64. The minimum Gasteiger partial charge on any atom is -0.253 e. The molecule has 0 spiro atoms. The van der Waals surface area contributed by atoms with Gasteiger partial charge in [0.05, 0.1) is 0 Å². The largest absolute Gasteiger partial charge is 0.253 e. The number of nitrogens with zero attached hydrogens (tertiary/aromatic N) is 1. The van der Waals surface area contributed by atoms with Crippen molar-refractivity contribution in [2.75, 3.05) is 14.1 Å². The number of hydrazine groups is 1. The molecule has 0 amide bonds. The topological polar surface area (TPSA) is 15.3 Å². The Kier molecular flexibility index (Phi) is 4.02. The van der Waals surface area contributed by atoms with E-state index < -0.39 is 0 Å². The Labute approximate surface area is 76.3 Å². The van der Waals surface area contributed by atoms with Gasteiger partial charge < -0.3 is 0 Å². The highest BCUT2D eigenvalue weighted by Gasteiger charge is 2.19. The third kappa shape index (κ3) is 3.11. The summed E-state index contributed by atoms with van der Waals surface area (Å²) in [7, 11) is 4.15. The maximum absolute atomic E-state index is 3.46.